The number of nitrogens with zero attached hydrogens (tertiary/aromatic N) is 2. The molecule has 1 fully saturated rings. The van der Waals surface area contributed by atoms with Crippen LogP contribution in [0.2, 0.25) is 0 Å². The van der Waals surface area contributed by atoms with Crippen molar-refractivity contribution in [2.75, 3.05) is 53.6 Å². The summed E-state index contributed by atoms with van der Waals surface area (Å²) >= 11 is 0. The number of benzene rings is 1. The Morgan fingerprint density at radius 2 is 2.00 bits per heavy atom. The summed E-state index contributed by atoms with van der Waals surface area (Å²) < 4.78 is 11.5. The smallest absolute Gasteiger partial charge is 0.243 e. The summed E-state index contributed by atoms with van der Waals surface area (Å²) in [5, 5.41) is 6.76. The first kappa shape index (κ1) is 27.6. The molecule has 1 aromatic carbocycles. The van der Waals surface area contributed by atoms with Gasteiger partial charge in [-0.15, -0.1) is 24.0 Å². The first-order valence-corrected chi connectivity index (χ1v) is 11.0. The van der Waals surface area contributed by atoms with Gasteiger partial charge in [-0.25, -0.2) is 4.99 Å². The van der Waals surface area contributed by atoms with E-state index in [4.69, 9.17) is 9.47 Å². The van der Waals surface area contributed by atoms with Gasteiger partial charge < -0.3 is 25.0 Å². The number of likely N-dealkylation sites (N-methyl/N-ethyl adjacent to an activating group) is 1. The van der Waals surface area contributed by atoms with Crippen LogP contribution in [0.25, 0.3) is 0 Å². The van der Waals surface area contributed by atoms with Crippen molar-refractivity contribution in [3.63, 3.8) is 0 Å². The lowest BCUT2D eigenvalue weighted by Gasteiger charge is -2.32. The molecule has 0 spiro atoms. The van der Waals surface area contributed by atoms with Crippen LogP contribution in [-0.4, -0.2) is 70.3 Å². The number of aryl methyl sites for hydroxylation is 1. The number of amides is 1. The summed E-state index contributed by atoms with van der Waals surface area (Å²) in [6.07, 6.45) is 3.12. The lowest BCUT2D eigenvalue weighted by molar-refractivity contribution is -0.127. The Morgan fingerprint density at radius 3 is 2.68 bits per heavy atom. The van der Waals surface area contributed by atoms with Crippen LogP contribution in [0.5, 0.6) is 0 Å². The molecule has 0 radical (unpaired) electrons. The monoisotopic (exact) mass is 546 g/mol. The van der Waals surface area contributed by atoms with Gasteiger partial charge in [0.25, 0.3) is 0 Å². The average Bonchev–Trinajstić information content (AvgIpc) is 2.75. The van der Waals surface area contributed by atoms with Crippen LogP contribution in [0, 0.1) is 12.8 Å². The van der Waals surface area contributed by atoms with Gasteiger partial charge in [-0.2, -0.15) is 0 Å². The van der Waals surface area contributed by atoms with Gasteiger partial charge in [-0.3, -0.25) is 4.79 Å². The van der Waals surface area contributed by atoms with Crippen LogP contribution in [-0.2, 0) is 14.3 Å². The van der Waals surface area contributed by atoms with Crippen LogP contribution < -0.4 is 10.6 Å². The van der Waals surface area contributed by atoms with Gasteiger partial charge in [-0.05, 0) is 38.7 Å². The third-order valence-electron chi connectivity index (χ3n) is 5.22. The summed E-state index contributed by atoms with van der Waals surface area (Å²) in [6.45, 7) is 7.92. The van der Waals surface area contributed by atoms with Crippen molar-refractivity contribution >= 4 is 35.8 Å². The summed E-state index contributed by atoms with van der Waals surface area (Å²) in [6, 6.07) is 8.60. The molecule has 2 rings (SSSR count). The van der Waals surface area contributed by atoms with Gasteiger partial charge in [0.2, 0.25) is 5.91 Å². The number of carbonyl (C=O) groups is 1. The van der Waals surface area contributed by atoms with Gasteiger partial charge in [0, 0.05) is 52.9 Å². The van der Waals surface area contributed by atoms with E-state index in [1.54, 1.807) is 19.0 Å². The Labute approximate surface area is 204 Å². The van der Waals surface area contributed by atoms with Crippen LogP contribution in [0.15, 0.2) is 29.3 Å². The SMILES string of the molecule is CCOCCCNC(=NCC(=O)N(C)C)NCC1CCCOC1c1ccc(C)cc1.I. The summed E-state index contributed by atoms with van der Waals surface area (Å²) in [5.41, 5.74) is 2.47. The van der Waals surface area contributed by atoms with Gasteiger partial charge in [0.1, 0.15) is 6.54 Å². The molecule has 0 aromatic heterocycles. The topological polar surface area (TPSA) is 75.2 Å². The summed E-state index contributed by atoms with van der Waals surface area (Å²) in [7, 11) is 3.48. The minimum Gasteiger partial charge on any atom is -0.382 e. The maximum atomic E-state index is 12.0. The first-order chi connectivity index (χ1) is 14.5. The lowest BCUT2D eigenvalue weighted by Crippen LogP contribution is -2.43. The maximum absolute atomic E-state index is 12.0. The van der Waals surface area contributed by atoms with Crippen molar-refractivity contribution in [3.05, 3.63) is 35.4 Å². The molecule has 8 heteroatoms. The molecule has 2 N–H and O–H groups in total. The largest absolute Gasteiger partial charge is 0.382 e. The van der Waals surface area contributed by atoms with E-state index in [0.29, 0.717) is 18.5 Å². The van der Waals surface area contributed by atoms with E-state index in [-0.39, 0.29) is 42.5 Å². The number of hydrogen-bond donors (Lipinski definition) is 2. The number of rotatable bonds is 10. The van der Waals surface area contributed by atoms with E-state index in [1.165, 1.54) is 11.1 Å². The van der Waals surface area contributed by atoms with E-state index in [9.17, 15) is 4.79 Å². The molecule has 1 heterocycles. The number of hydrogen-bond acceptors (Lipinski definition) is 4. The van der Waals surface area contributed by atoms with E-state index in [0.717, 1.165) is 45.6 Å². The molecule has 176 valence electrons. The van der Waals surface area contributed by atoms with Crippen molar-refractivity contribution in [3.8, 4) is 0 Å². The zero-order valence-electron chi connectivity index (χ0n) is 19.4. The molecule has 1 amide bonds. The van der Waals surface area contributed by atoms with Gasteiger partial charge in [0.15, 0.2) is 5.96 Å². The number of nitrogens with one attached hydrogen (secondary N) is 2. The predicted octanol–water partition coefficient (Wildman–Crippen LogP) is 3.13. The maximum Gasteiger partial charge on any atom is 0.243 e. The van der Waals surface area contributed by atoms with Crippen molar-refractivity contribution in [2.24, 2.45) is 10.9 Å². The Kier molecular flexibility index (Phi) is 13.7. The number of carbonyl (C=O) groups excluding carboxylic acids is 1. The number of aliphatic imine (C=N–C) groups is 1. The normalized spacial score (nSPS) is 18.8. The molecule has 7 nitrogen and oxygen atoms in total. The van der Waals surface area contributed by atoms with Crippen molar-refractivity contribution in [1.29, 1.82) is 0 Å². The zero-order chi connectivity index (χ0) is 21.8. The molecule has 0 saturated carbocycles. The van der Waals surface area contributed by atoms with Gasteiger partial charge in [0.05, 0.1) is 6.10 Å². The second-order valence-corrected chi connectivity index (χ2v) is 7.92. The fraction of sp³-hybridized carbons (Fsp3) is 0.652. The summed E-state index contributed by atoms with van der Waals surface area (Å²) in [5.74, 6) is 0.986. The molecular formula is C23H39IN4O3. The van der Waals surface area contributed by atoms with Crippen LogP contribution in [0.1, 0.15) is 43.4 Å². The molecule has 0 bridgehead atoms. The van der Waals surface area contributed by atoms with Crippen molar-refractivity contribution in [1.82, 2.24) is 15.5 Å². The molecular weight excluding hydrogens is 507 g/mol. The van der Waals surface area contributed by atoms with Gasteiger partial charge in [-0.1, -0.05) is 29.8 Å². The molecule has 31 heavy (non-hydrogen) atoms. The highest BCUT2D eigenvalue weighted by Crippen LogP contribution is 2.33. The minimum atomic E-state index is -0.0241. The molecule has 1 aromatic rings. The molecule has 0 aliphatic carbocycles. The zero-order valence-corrected chi connectivity index (χ0v) is 21.7. The number of halogens is 1. The lowest BCUT2D eigenvalue weighted by atomic mass is 9.89. The summed E-state index contributed by atoms with van der Waals surface area (Å²) in [4.78, 5) is 18.0. The van der Waals surface area contributed by atoms with Crippen LogP contribution in [0.3, 0.4) is 0 Å². The number of guanidine groups is 1. The number of ether oxygens (including phenoxy) is 2. The highest BCUT2D eigenvalue weighted by Gasteiger charge is 2.27. The second kappa shape index (κ2) is 15.4. The van der Waals surface area contributed by atoms with E-state index >= 15 is 0 Å². The molecule has 2 unspecified atom stereocenters. The quantitative estimate of drug-likeness (QED) is 0.204. The second-order valence-electron chi connectivity index (χ2n) is 7.92. The first-order valence-electron chi connectivity index (χ1n) is 11.0. The Bertz CT molecular complexity index is 667. The van der Waals surface area contributed by atoms with Crippen molar-refractivity contribution < 1.29 is 14.3 Å². The van der Waals surface area contributed by atoms with Crippen molar-refractivity contribution in [2.45, 2.75) is 39.2 Å². The molecule has 2 atom stereocenters. The fourth-order valence-electron chi connectivity index (χ4n) is 3.39. The Balaban J connectivity index is 0.00000480. The Morgan fingerprint density at radius 1 is 1.26 bits per heavy atom. The van der Waals surface area contributed by atoms with Crippen LogP contribution >= 0.6 is 24.0 Å². The molecule has 1 saturated heterocycles. The van der Waals surface area contributed by atoms with Crippen LogP contribution in [0.4, 0.5) is 0 Å². The van der Waals surface area contributed by atoms with E-state index in [1.807, 2.05) is 6.92 Å². The Hall–Kier alpha value is -1.39. The standard InChI is InChI=1S/C23H38N4O3.HI/c1-5-29-14-7-13-24-23(26-17-21(28)27(3)4)25-16-20-8-6-15-30-22(20)19-11-9-18(2)10-12-19;/h9-12,20,22H,5-8,13-17H2,1-4H3,(H2,24,25,26);1H. The van der Waals surface area contributed by atoms with E-state index < -0.39 is 0 Å². The average molecular weight is 546 g/mol. The molecule has 1 aliphatic rings. The highest BCUT2D eigenvalue weighted by molar-refractivity contribution is 14.0. The molecule has 1 aliphatic heterocycles. The minimum absolute atomic E-state index is 0. The fourth-order valence-corrected chi connectivity index (χ4v) is 3.39. The van der Waals surface area contributed by atoms with E-state index in [2.05, 4.69) is 46.8 Å². The predicted molar refractivity (Wildman–Crippen MR) is 136 cm³/mol. The third-order valence-corrected chi connectivity index (χ3v) is 5.22. The third kappa shape index (κ3) is 10.2. The highest BCUT2D eigenvalue weighted by atomic mass is 127. The van der Waals surface area contributed by atoms with Gasteiger partial charge >= 0.3 is 0 Å².